The summed E-state index contributed by atoms with van der Waals surface area (Å²) in [5.74, 6) is -0.671. The fourth-order valence-corrected chi connectivity index (χ4v) is 5.02. The van der Waals surface area contributed by atoms with Crippen LogP contribution in [0.3, 0.4) is 0 Å². The number of nitrogens with zero attached hydrogens (tertiary/aromatic N) is 7. The van der Waals surface area contributed by atoms with Gasteiger partial charge < -0.3 is 5.11 Å². The molecule has 0 saturated heterocycles. The van der Waals surface area contributed by atoms with Gasteiger partial charge in [0.15, 0.2) is 17.7 Å². The minimum atomic E-state index is -2.84. The first-order valence-electron chi connectivity index (χ1n) is 12.5. The Labute approximate surface area is 246 Å². The van der Waals surface area contributed by atoms with Crippen molar-refractivity contribution in [2.45, 2.75) is 18.7 Å². The smallest absolute Gasteiger partial charge is 0.333 e. The van der Waals surface area contributed by atoms with Gasteiger partial charge in [-0.15, -0.1) is 4.68 Å². The number of pyridine rings is 1. The fourth-order valence-electron chi connectivity index (χ4n) is 4.73. The van der Waals surface area contributed by atoms with E-state index in [1.54, 1.807) is 42.5 Å². The molecule has 2 aromatic carbocycles. The van der Waals surface area contributed by atoms with Crippen molar-refractivity contribution >= 4 is 23.2 Å². The van der Waals surface area contributed by atoms with E-state index >= 15 is 4.39 Å². The Morgan fingerprint density at radius 3 is 2.43 bits per heavy atom. The third-order valence-corrected chi connectivity index (χ3v) is 7.16. The normalized spacial score (nSPS) is 13.0. The van der Waals surface area contributed by atoms with Gasteiger partial charge in [-0.05, 0) is 41.4 Å². The molecule has 212 valence electrons. The van der Waals surface area contributed by atoms with E-state index in [1.807, 2.05) is 6.07 Å². The zero-order valence-electron chi connectivity index (χ0n) is 21.4. The molecular formula is C28H20Cl2F3N8O+. The van der Waals surface area contributed by atoms with Gasteiger partial charge in [-0.3, -0.25) is 9.67 Å². The second-order valence-corrected chi connectivity index (χ2v) is 10.0. The lowest BCUT2D eigenvalue weighted by Gasteiger charge is -2.24. The maximum absolute atomic E-state index is 15.4. The number of aliphatic hydroxyl groups is 1. The van der Waals surface area contributed by atoms with E-state index in [0.717, 1.165) is 0 Å². The van der Waals surface area contributed by atoms with Crippen LogP contribution in [-0.4, -0.2) is 40.0 Å². The van der Waals surface area contributed by atoms with Crippen LogP contribution in [0.4, 0.5) is 13.2 Å². The van der Waals surface area contributed by atoms with Crippen LogP contribution in [0, 0.1) is 5.82 Å². The second-order valence-electron chi connectivity index (χ2n) is 9.21. The molecule has 6 rings (SSSR count). The number of hydrogen-bond donors (Lipinski definition) is 2. The molecule has 0 aliphatic carbocycles. The SMILES string of the molecule is O[C@@H](c1ccccc1)[C@@H](c1ccc(-c2c(-[n+]3cc(Cl)n[nH]3)ccc(Cl)c2F)cn1)n1cc(-c2ccnn2C(F)F)cn1. The number of rotatable bonds is 8. The molecule has 0 spiro atoms. The average Bonchev–Trinajstić information content (AvgIpc) is 3.77. The minimum Gasteiger partial charge on any atom is -0.386 e. The first-order chi connectivity index (χ1) is 20.3. The summed E-state index contributed by atoms with van der Waals surface area (Å²) in [6.45, 7) is -2.84. The Hall–Kier alpha value is -4.52. The van der Waals surface area contributed by atoms with Gasteiger partial charge in [0.25, 0.3) is 0 Å². The van der Waals surface area contributed by atoms with Gasteiger partial charge in [-0.25, -0.2) is 9.07 Å². The molecule has 2 atom stereocenters. The van der Waals surface area contributed by atoms with Crippen molar-refractivity contribution < 1.29 is 23.0 Å². The summed E-state index contributed by atoms with van der Waals surface area (Å²) in [6.07, 6.45) is 6.03. The largest absolute Gasteiger partial charge is 0.386 e. The predicted molar refractivity (Wildman–Crippen MR) is 148 cm³/mol. The van der Waals surface area contributed by atoms with Gasteiger partial charge in [0.05, 0.1) is 33.3 Å². The zero-order valence-corrected chi connectivity index (χ0v) is 22.9. The molecule has 0 radical (unpaired) electrons. The number of halogens is 5. The Bertz CT molecular complexity index is 1840. The predicted octanol–water partition coefficient (Wildman–Crippen LogP) is 5.97. The Balaban J connectivity index is 1.43. The van der Waals surface area contributed by atoms with Crippen LogP contribution in [0.15, 0.2) is 91.6 Å². The first kappa shape index (κ1) is 27.6. The highest BCUT2D eigenvalue weighted by Gasteiger charge is 2.29. The van der Waals surface area contributed by atoms with Crippen molar-refractivity contribution in [3.63, 3.8) is 0 Å². The fraction of sp³-hybridized carbons (Fsp3) is 0.107. The Morgan fingerprint density at radius 2 is 1.74 bits per heavy atom. The van der Waals surface area contributed by atoms with Crippen molar-refractivity contribution in [3.05, 3.63) is 119 Å². The molecule has 4 aromatic heterocycles. The molecule has 42 heavy (non-hydrogen) atoms. The molecule has 0 aliphatic rings. The lowest BCUT2D eigenvalue weighted by molar-refractivity contribution is -0.659. The number of aromatic nitrogens is 8. The minimum absolute atomic E-state index is 0.0893. The molecule has 14 heteroatoms. The van der Waals surface area contributed by atoms with E-state index in [9.17, 15) is 13.9 Å². The van der Waals surface area contributed by atoms with Crippen molar-refractivity contribution in [3.8, 4) is 28.1 Å². The molecule has 0 saturated carbocycles. The number of H-pyrrole nitrogens is 1. The van der Waals surface area contributed by atoms with Gasteiger partial charge in [0.1, 0.15) is 12.1 Å². The molecule has 0 bridgehead atoms. The highest BCUT2D eigenvalue weighted by atomic mass is 35.5. The monoisotopic (exact) mass is 611 g/mol. The van der Waals surface area contributed by atoms with E-state index in [0.29, 0.717) is 32.8 Å². The van der Waals surface area contributed by atoms with Crippen LogP contribution >= 0.6 is 23.2 Å². The van der Waals surface area contributed by atoms with Gasteiger partial charge in [-0.1, -0.05) is 53.2 Å². The summed E-state index contributed by atoms with van der Waals surface area (Å²) in [7, 11) is 0. The summed E-state index contributed by atoms with van der Waals surface area (Å²) in [6, 6.07) is 15.8. The number of aliphatic hydroxyl groups excluding tert-OH is 1. The van der Waals surface area contributed by atoms with E-state index < -0.39 is 24.5 Å². The van der Waals surface area contributed by atoms with E-state index in [-0.39, 0.29) is 21.4 Å². The van der Waals surface area contributed by atoms with Crippen molar-refractivity contribution in [2.75, 3.05) is 0 Å². The number of nitrogens with one attached hydrogen (secondary N) is 1. The van der Waals surface area contributed by atoms with Gasteiger partial charge in [-0.2, -0.15) is 19.0 Å². The van der Waals surface area contributed by atoms with Crippen LogP contribution < -0.4 is 4.68 Å². The zero-order chi connectivity index (χ0) is 29.4. The summed E-state index contributed by atoms with van der Waals surface area (Å²) in [4.78, 5) is 4.58. The van der Waals surface area contributed by atoms with E-state index in [2.05, 4.69) is 25.5 Å². The number of aromatic amines is 1. The Morgan fingerprint density at radius 1 is 0.929 bits per heavy atom. The molecule has 0 fully saturated rings. The standard InChI is InChI=1S/C28H19Cl2F3N8O/c29-19-7-9-22(39-15-23(30)37-38-39)24(25(19)31)17-6-8-20(34-12-17)26(27(42)16-4-2-1-3-5-16)40-14-18(13-36-40)21-10-11-35-41(21)28(32)33/h1-15,26-28,42H/p+1/t26-,27+/m1/s1. The van der Waals surface area contributed by atoms with Gasteiger partial charge >= 0.3 is 11.7 Å². The summed E-state index contributed by atoms with van der Waals surface area (Å²) in [5, 5.41) is 26.2. The number of benzene rings is 2. The molecule has 0 unspecified atom stereocenters. The first-order valence-corrected chi connectivity index (χ1v) is 13.2. The highest BCUT2D eigenvalue weighted by molar-refractivity contribution is 6.31. The molecule has 2 N–H and O–H groups in total. The topological polar surface area (TPSA) is 101 Å². The molecule has 4 heterocycles. The molecule has 0 amide bonds. The number of alkyl halides is 2. The molecule has 9 nitrogen and oxygen atoms in total. The van der Waals surface area contributed by atoms with Gasteiger partial charge in [0.2, 0.25) is 0 Å². The van der Waals surface area contributed by atoms with Crippen molar-refractivity contribution in [1.29, 1.82) is 0 Å². The maximum atomic E-state index is 15.4. The summed E-state index contributed by atoms with van der Waals surface area (Å²) in [5.41, 5.74) is 2.42. The van der Waals surface area contributed by atoms with Crippen LogP contribution in [0.2, 0.25) is 10.2 Å². The van der Waals surface area contributed by atoms with Crippen LogP contribution in [0.25, 0.3) is 28.1 Å². The van der Waals surface area contributed by atoms with Crippen molar-refractivity contribution in [1.82, 2.24) is 34.9 Å². The van der Waals surface area contributed by atoms with Crippen LogP contribution in [-0.2, 0) is 0 Å². The van der Waals surface area contributed by atoms with Gasteiger partial charge in [0, 0.05) is 29.7 Å². The molecule has 0 aliphatic heterocycles. The Kier molecular flexibility index (Phi) is 7.50. The summed E-state index contributed by atoms with van der Waals surface area (Å²) >= 11 is 12.1. The van der Waals surface area contributed by atoms with Crippen LogP contribution in [0.1, 0.15) is 30.0 Å². The molecule has 6 aromatic rings. The quantitative estimate of drug-likeness (QED) is 0.206. The lowest BCUT2D eigenvalue weighted by atomic mass is 9.98. The van der Waals surface area contributed by atoms with Crippen molar-refractivity contribution in [2.24, 2.45) is 0 Å². The van der Waals surface area contributed by atoms with Crippen LogP contribution in [0.5, 0.6) is 0 Å². The summed E-state index contributed by atoms with van der Waals surface area (Å²) < 4.78 is 45.8. The van der Waals surface area contributed by atoms with E-state index in [1.165, 1.54) is 52.5 Å². The third-order valence-electron chi connectivity index (χ3n) is 6.69. The lowest BCUT2D eigenvalue weighted by Crippen LogP contribution is -2.33. The third kappa shape index (κ3) is 5.15. The van der Waals surface area contributed by atoms with E-state index in [4.69, 9.17) is 23.2 Å². The second kappa shape index (κ2) is 11.4. The average molecular weight is 612 g/mol. The number of hydrogen-bond acceptors (Lipinski definition) is 5. The molecular weight excluding hydrogens is 592 g/mol. The maximum Gasteiger partial charge on any atom is 0.333 e. The highest BCUT2D eigenvalue weighted by Crippen LogP contribution is 2.36.